The summed E-state index contributed by atoms with van der Waals surface area (Å²) in [5.74, 6) is 2.78. The van der Waals surface area contributed by atoms with Crippen LogP contribution in [0.3, 0.4) is 0 Å². The lowest BCUT2D eigenvalue weighted by Crippen LogP contribution is -2.02. The summed E-state index contributed by atoms with van der Waals surface area (Å²) in [6.45, 7) is 0.389. The zero-order valence-electron chi connectivity index (χ0n) is 15.0. The zero-order valence-corrected chi connectivity index (χ0v) is 15.0. The predicted octanol–water partition coefficient (Wildman–Crippen LogP) is 3.30. The van der Waals surface area contributed by atoms with Crippen molar-refractivity contribution in [3.05, 3.63) is 59.8 Å². The SMILES string of the molecule is COc1cc(NCc2nnc(Cc3ccccc3)o2)cc(OC)c1OC. The van der Waals surface area contributed by atoms with Crippen LogP contribution in [0.25, 0.3) is 0 Å². The molecule has 0 aliphatic rings. The molecule has 0 amide bonds. The minimum Gasteiger partial charge on any atom is -0.493 e. The summed E-state index contributed by atoms with van der Waals surface area (Å²) in [5.41, 5.74) is 1.92. The highest BCUT2D eigenvalue weighted by Crippen LogP contribution is 2.39. The quantitative estimate of drug-likeness (QED) is 0.664. The second kappa shape index (κ2) is 8.24. The fourth-order valence-electron chi connectivity index (χ4n) is 2.56. The van der Waals surface area contributed by atoms with Crippen molar-refractivity contribution in [2.45, 2.75) is 13.0 Å². The standard InChI is InChI=1S/C19H21N3O4/c1-23-15-10-14(11-16(24-2)19(15)25-3)20-12-18-22-21-17(26-18)9-13-7-5-4-6-8-13/h4-8,10-11,20H,9,12H2,1-3H3. The molecule has 1 N–H and O–H groups in total. The Morgan fingerprint density at radius 1 is 0.885 bits per heavy atom. The van der Waals surface area contributed by atoms with Gasteiger partial charge in [-0.05, 0) is 5.56 Å². The summed E-state index contributed by atoms with van der Waals surface area (Å²) >= 11 is 0. The van der Waals surface area contributed by atoms with E-state index in [-0.39, 0.29) is 0 Å². The lowest BCUT2D eigenvalue weighted by Gasteiger charge is -2.14. The largest absolute Gasteiger partial charge is 0.493 e. The van der Waals surface area contributed by atoms with Crippen molar-refractivity contribution in [2.24, 2.45) is 0 Å². The summed E-state index contributed by atoms with van der Waals surface area (Å²) < 4.78 is 21.7. The number of methoxy groups -OCH3 is 3. The number of aromatic nitrogens is 2. The van der Waals surface area contributed by atoms with Gasteiger partial charge in [0.15, 0.2) is 11.5 Å². The van der Waals surface area contributed by atoms with Crippen molar-refractivity contribution in [3.63, 3.8) is 0 Å². The van der Waals surface area contributed by atoms with Gasteiger partial charge in [0.1, 0.15) is 0 Å². The Bertz CT molecular complexity index is 824. The van der Waals surface area contributed by atoms with Crippen LogP contribution >= 0.6 is 0 Å². The molecule has 0 aliphatic carbocycles. The van der Waals surface area contributed by atoms with Gasteiger partial charge in [-0.15, -0.1) is 10.2 Å². The Morgan fingerprint density at radius 2 is 1.54 bits per heavy atom. The third kappa shape index (κ3) is 4.05. The molecule has 26 heavy (non-hydrogen) atoms. The van der Waals surface area contributed by atoms with Gasteiger partial charge in [0.25, 0.3) is 0 Å². The van der Waals surface area contributed by atoms with Gasteiger partial charge in [0, 0.05) is 17.8 Å². The normalized spacial score (nSPS) is 10.4. The number of rotatable bonds is 8. The summed E-state index contributed by atoms with van der Waals surface area (Å²) in [4.78, 5) is 0. The third-order valence-electron chi connectivity index (χ3n) is 3.82. The molecule has 1 aromatic heterocycles. The molecule has 0 unspecified atom stereocenters. The first-order valence-electron chi connectivity index (χ1n) is 8.12. The van der Waals surface area contributed by atoms with Crippen molar-refractivity contribution in [1.82, 2.24) is 10.2 Å². The van der Waals surface area contributed by atoms with Crippen molar-refractivity contribution in [3.8, 4) is 17.2 Å². The number of anilines is 1. The molecule has 7 heteroatoms. The molecule has 2 aromatic carbocycles. The highest BCUT2D eigenvalue weighted by atomic mass is 16.5. The van der Waals surface area contributed by atoms with Gasteiger partial charge in [-0.2, -0.15) is 0 Å². The number of hydrogen-bond acceptors (Lipinski definition) is 7. The van der Waals surface area contributed by atoms with Gasteiger partial charge < -0.3 is 23.9 Å². The molecule has 0 saturated heterocycles. The van der Waals surface area contributed by atoms with Gasteiger partial charge in [0.05, 0.1) is 34.3 Å². The fourth-order valence-corrected chi connectivity index (χ4v) is 2.56. The Kier molecular flexibility index (Phi) is 5.58. The molecule has 0 spiro atoms. The Labute approximate surface area is 151 Å². The maximum absolute atomic E-state index is 5.70. The van der Waals surface area contributed by atoms with Gasteiger partial charge in [-0.1, -0.05) is 30.3 Å². The third-order valence-corrected chi connectivity index (χ3v) is 3.82. The Morgan fingerprint density at radius 3 is 2.15 bits per heavy atom. The Hall–Kier alpha value is -3.22. The van der Waals surface area contributed by atoms with E-state index >= 15 is 0 Å². The molecule has 136 valence electrons. The maximum Gasteiger partial charge on any atom is 0.235 e. The van der Waals surface area contributed by atoms with Crippen molar-refractivity contribution >= 4 is 5.69 Å². The van der Waals surface area contributed by atoms with E-state index < -0.39 is 0 Å². The first-order valence-corrected chi connectivity index (χ1v) is 8.12. The van der Waals surface area contributed by atoms with Crippen LogP contribution in [-0.4, -0.2) is 31.5 Å². The first kappa shape index (κ1) is 17.6. The van der Waals surface area contributed by atoms with Crippen LogP contribution in [0.4, 0.5) is 5.69 Å². The van der Waals surface area contributed by atoms with Crippen molar-refractivity contribution in [2.75, 3.05) is 26.6 Å². The topological polar surface area (TPSA) is 78.6 Å². The highest BCUT2D eigenvalue weighted by molar-refractivity contribution is 5.62. The van der Waals surface area contributed by atoms with Crippen LogP contribution in [0.2, 0.25) is 0 Å². The van der Waals surface area contributed by atoms with E-state index in [1.165, 1.54) is 0 Å². The summed E-state index contributed by atoms with van der Waals surface area (Å²) in [5, 5.41) is 11.4. The second-order valence-corrected chi connectivity index (χ2v) is 5.52. The van der Waals surface area contributed by atoms with Crippen LogP contribution in [0.15, 0.2) is 46.9 Å². The smallest absolute Gasteiger partial charge is 0.235 e. The van der Waals surface area contributed by atoms with Crippen molar-refractivity contribution < 1.29 is 18.6 Å². The maximum atomic E-state index is 5.70. The molecule has 0 bridgehead atoms. The van der Waals surface area contributed by atoms with Crippen LogP contribution in [0.5, 0.6) is 17.2 Å². The average Bonchev–Trinajstić information content (AvgIpc) is 3.13. The summed E-state index contributed by atoms with van der Waals surface area (Å²) in [6, 6.07) is 13.6. The number of ether oxygens (including phenoxy) is 3. The average molecular weight is 355 g/mol. The van der Waals surface area contributed by atoms with Gasteiger partial charge in [0.2, 0.25) is 17.5 Å². The van der Waals surface area contributed by atoms with E-state index in [9.17, 15) is 0 Å². The number of hydrogen-bond donors (Lipinski definition) is 1. The van der Waals surface area contributed by atoms with E-state index in [1.807, 2.05) is 42.5 Å². The van der Waals surface area contributed by atoms with Gasteiger partial charge in [-0.25, -0.2) is 0 Å². The Balaban J connectivity index is 1.68. The highest BCUT2D eigenvalue weighted by Gasteiger charge is 2.14. The predicted molar refractivity (Wildman–Crippen MR) is 97.0 cm³/mol. The minimum absolute atomic E-state index is 0.389. The van der Waals surface area contributed by atoms with Crippen LogP contribution in [-0.2, 0) is 13.0 Å². The molecular formula is C19H21N3O4. The lowest BCUT2D eigenvalue weighted by atomic mass is 10.2. The first-order chi connectivity index (χ1) is 12.7. The molecule has 1 heterocycles. The summed E-state index contributed by atoms with van der Waals surface area (Å²) in [6.07, 6.45) is 0.609. The molecule has 3 aromatic rings. The number of benzene rings is 2. The van der Waals surface area contributed by atoms with Crippen LogP contribution in [0, 0.1) is 0 Å². The molecule has 0 fully saturated rings. The monoisotopic (exact) mass is 355 g/mol. The lowest BCUT2D eigenvalue weighted by molar-refractivity contribution is 0.324. The van der Waals surface area contributed by atoms with E-state index in [0.717, 1.165) is 11.3 Å². The van der Waals surface area contributed by atoms with E-state index in [1.54, 1.807) is 21.3 Å². The summed E-state index contributed by atoms with van der Waals surface area (Å²) in [7, 11) is 4.73. The van der Waals surface area contributed by atoms with Gasteiger partial charge in [-0.3, -0.25) is 0 Å². The van der Waals surface area contributed by atoms with E-state index in [4.69, 9.17) is 18.6 Å². The van der Waals surface area contributed by atoms with Crippen LogP contribution < -0.4 is 19.5 Å². The molecule has 3 rings (SSSR count). The molecule has 7 nitrogen and oxygen atoms in total. The molecule has 0 radical (unpaired) electrons. The minimum atomic E-state index is 0.389. The van der Waals surface area contributed by atoms with E-state index in [0.29, 0.717) is 42.0 Å². The zero-order chi connectivity index (χ0) is 18.4. The second-order valence-electron chi connectivity index (χ2n) is 5.52. The van der Waals surface area contributed by atoms with Crippen LogP contribution in [0.1, 0.15) is 17.3 Å². The molecule has 0 aliphatic heterocycles. The number of nitrogens with one attached hydrogen (secondary N) is 1. The molecule has 0 saturated carbocycles. The van der Waals surface area contributed by atoms with Crippen molar-refractivity contribution in [1.29, 1.82) is 0 Å². The fraction of sp³-hybridized carbons (Fsp3) is 0.263. The molecular weight excluding hydrogens is 334 g/mol. The van der Waals surface area contributed by atoms with Gasteiger partial charge >= 0.3 is 0 Å². The molecule has 0 atom stereocenters. The van der Waals surface area contributed by atoms with E-state index in [2.05, 4.69) is 15.5 Å². The number of nitrogens with zero attached hydrogens (tertiary/aromatic N) is 2.